The third-order valence-electron chi connectivity index (χ3n) is 3.06. The third kappa shape index (κ3) is 6.76. The highest BCUT2D eigenvalue weighted by Crippen LogP contribution is 2.31. The van der Waals surface area contributed by atoms with Crippen molar-refractivity contribution in [3.63, 3.8) is 0 Å². The Morgan fingerprint density at radius 3 is 2.36 bits per heavy atom. The van der Waals surface area contributed by atoms with Gasteiger partial charge in [-0.05, 0) is 30.3 Å². The first-order chi connectivity index (χ1) is 11.8. The Hall–Kier alpha value is -0.850. The van der Waals surface area contributed by atoms with Crippen LogP contribution >= 0.6 is 62.3 Å². The standard InChI is InChI=1S/C16H13BrCl4N2O2/c17-11-5-7-12(8-6-11)22-14(16(19,20)21)23-15(24)25-9-10-3-1-2-4-13(10)18/h1-8,14,22H,9H2,(H,23,24)/t14-/m0/s1. The van der Waals surface area contributed by atoms with E-state index in [1.165, 1.54) is 0 Å². The van der Waals surface area contributed by atoms with E-state index >= 15 is 0 Å². The summed E-state index contributed by atoms with van der Waals surface area (Å²) in [5, 5.41) is 5.92. The normalized spacial score (nSPS) is 12.4. The van der Waals surface area contributed by atoms with Crippen molar-refractivity contribution in [2.24, 2.45) is 0 Å². The first-order valence-electron chi connectivity index (χ1n) is 7.01. The highest BCUT2D eigenvalue weighted by molar-refractivity contribution is 9.10. The number of alkyl carbamates (subject to hydrolysis) is 1. The fourth-order valence-electron chi connectivity index (χ4n) is 1.83. The number of carbonyl (C=O) groups is 1. The molecule has 2 aromatic rings. The van der Waals surface area contributed by atoms with Crippen molar-refractivity contribution in [1.29, 1.82) is 0 Å². The molecule has 0 saturated carbocycles. The highest BCUT2D eigenvalue weighted by Gasteiger charge is 2.34. The van der Waals surface area contributed by atoms with Gasteiger partial charge in [-0.3, -0.25) is 5.32 Å². The van der Waals surface area contributed by atoms with Crippen molar-refractivity contribution in [3.8, 4) is 0 Å². The zero-order chi connectivity index (χ0) is 18.4. The predicted octanol–water partition coefficient (Wildman–Crippen LogP) is 6.14. The van der Waals surface area contributed by atoms with Gasteiger partial charge in [0.15, 0.2) is 0 Å². The van der Waals surface area contributed by atoms with Gasteiger partial charge in [-0.1, -0.05) is 80.5 Å². The molecule has 9 heteroatoms. The molecule has 0 spiro atoms. The van der Waals surface area contributed by atoms with E-state index in [-0.39, 0.29) is 6.61 Å². The summed E-state index contributed by atoms with van der Waals surface area (Å²) < 4.78 is 4.24. The molecule has 0 fully saturated rings. The van der Waals surface area contributed by atoms with E-state index in [1.54, 1.807) is 36.4 Å². The maximum atomic E-state index is 12.0. The summed E-state index contributed by atoms with van der Waals surface area (Å²) in [5.41, 5.74) is 1.33. The number of hydrogen-bond donors (Lipinski definition) is 2. The molecule has 0 aliphatic rings. The molecule has 25 heavy (non-hydrogen) atoms. The van der Waals surface area contributed by atoms with Gasteiger partial charge in [-0.2, -0.15) is 0 Å². The Bertz CT molecular complexity index is 723. The molecule has 2 aromatic carbocycles. The summed E-state index contributed by atoms with van der Waals surface area (Å²) >= 11 is 27.2. The van der Waals surface area contributed by atoms with Gasteiger partial charge in [-0.15, -0.1) is 0 Å². The molecular weight excluding hydrogens is 474 g/mol. The topological polar surface area (TPSA) is 50.4 Å². The lowest BCUT2D eigenvalue weighted by atomic mass is 10.2. The molecule has 0 aliphatic heterocycles. The van der Waals surface area contributed by atoms with Crippen LogP contribution in [0.3, 0.4) is 0 Å². The van der Waals surface area contributed by atoms with Gasteiger partial charge in [0.25, 0.3) is 0 Å². The van der Waals surface area contributed by atoms with E-state index in [4.69, 9.17) is 51.1 Å². The minimum Gasteiger partial charge on any atom is -0.445 e. The van der Waals surface area contributed by atoms with Crippen LogP contribution in [-0.2, 0) is 11.3 Å². The highest BCUT2D eigenvalue weighted by atomic mass is 79.9. The van der Waals surface area contributed by atoms with Crippen LogP contribution in [-0.4, -0.2) is 16.1 Å². The van der Waals surface area contributed by atoms with Crippen LogP contribution in [0.1, 0.15) is 5.56 Å². The molecule has 0 aromatic heterocycles. The van der Waals surface area contributed by atoms with E-state index in [9.17, 15) is 4.79 Å². The molecule has 0 aliphatic carbocycles. The summed E-state index contributed by atoms with van der Waals surface area (Å²) in [4.78, 5) is 12.0. The first kappa shape index (κ1) is 20.5. The Balaban J connectivity index is 1.98. The van der Waals surface area contributed by atoms with E-state index in [1.807, 2.05) is 12.1 Å². The van der Waals surface area contributed by atoms with Crippen molar-refractivity contribution in [2.75, 3.05) is 5.32 Å². The summed E-state index contributed by atoms with van der Waals surface area (Å²) in [6.45, 7) is -0.00360. The molecular formula is C16H13BrCl4N2O2. The van der Waals surface area contributed by atoms with Gasteiger partial charge in [0, 0.05) is 20.7 Å². The summed E-state index contributed by atoms with van der Waals surface area (Å²) in [6.07, 6.45) is -1.75. The number of ether oxygens (including phenoxy) is 1. The smallest absolute Gasteiger partial charge is 0.409 e. The monoisotopic (exact) mass is 484 g/mol. The number of alkyl halides is 3. The van der Waals surface area contributed by atoms with Crippen LogP contribution < -0.4 is 10.6 Å². The lowest BCUT2D eigenvalue weighted by molar-refractivity contribution is 0.137. The number of amides is 1. The molecule has 0 heterocycles. The minimum atomic E-state index is -1.80. The van der Waals surface area contributed by atoms with Gasteiger partial charge in [0.2, 0.25) is 3.79 Å². The average Bonchev–Trinajstić information content (AvgIpc) is 2.54. The van der Waals surface area contributed by atoms with Crippen molar-refractivity contribution >= 4 is 74.1 Å². The van der Waals surface area contributed by atoms with Crippen LogP contribution in [0.2, 0.25) is 5.02 Å². The van der Waals surface area contributed by atoms with Crippen molar-refractivity contribution in [2.45, 2.75) is 16.6 Å². The summed E-state index contributed by atoms with van der Waals surface area (Å²) in [6, 6.07) is 14.2. The molecule has 0 radical (unpaired) electrons. The number of hydrogen-bond acceptors (Lipinski definition) is 3. The molecule has 0 saturated heterocycles. The molecule has 2 N–H and O–H groups in total. The molecule has 2 rings (SSSR count). The molecule has 134 valence electrons. The number of benzene rings is 2. The van der Waals surface area contributed by atoms with Gasteiger partial charge in [0.05, 0.1) is 0 Å². The number of nitrogens with one attached hydrogen (secondary N) is 2. The molecule has 1 atom stereocenters. The lowest BCUT2D eigenvalue weighted by Crippen LogP contribution is -2.49. The first-order valence-corrected chi connectivity index (χ1v) is 9.31. The zero-order valence-electron chi connectivity index (χ0n) is 12.6. The van der Waals surface area contributed by atoms with E-state index in [2.05, 4.69) is 26.6 Å². The second kappa shape index (κ2) is 9.19. The van der Waals surface area contributed by atoms with Crippen LogP contribution in [0.15, 0.2) is 53.0 Å². The van der Waals surface area contributed by atoms with Gasteiger partial charge < -0.3 is 10.1 Å². The fourth-order valence-corrected chi connectivity index (χ4v) is 2.61. The summed E-state index contributed by atoms with van der Waals surface area (Å²) in [7, 11) is 0. The Kier molecular flexibility index (Phi) is 7.52. The maximum Gasteiger partial charge on any atom is 0.409 e. The predicted molar refractivity (Wildman–Crippen MR) is 107 cm³/mol. The van der Waals surface area contributed by atoms with Crippen molar-refractivity contribution < 1.29 is 9.53 Å². The zero-order valence-corrected chi connectivity index (χ0v) is 17.2. The molecule has 1 amide bonds. The van der Waals surface area contributed by atoms with Gasteiger partial charge in [0.1, 0.15) is 12.8 Å². The quantitative estimate of drug-likeness (QED) is 0.394. The third-order valence-corrected chi connectivity index (χ3v) is 4.61. The van der Waals surface area contributed by atoms with Crippen LogP contribution in [0, 0.1) is 0 Å². The Morgan fingerprint density at radius 2 is 1.76 bits per heavy atom. The Morgan fingerprint density at radius 1 is 1.12 bits per heavy atom. The number of halogens is 5. The lowest BCUT2D eigenvalue weighted by Gasteiger charge is -2.27. The van der Waals surface area contributed by atoms with Crippen molar-refractivity contribution in [1.82, 2.24) is 5.32 Å². The minimum absolute atomic E-state index is 0.00360. The number of rotatable bonds is 5. The molecule has 4 nitrogen and oxygen atoms in total. The molecule has 0 unspecified atom stereocenters. The second-order valence-corrected chi connectivity index (χ2v) is 8.63. The fraction of sp³-hybridized carbons (Fsp3) is 0.188. The van der Waals surface area contributed by atoms with E-state index < -0.39 is 16.1 Å². The maximum absolute atomic E-state index is 12.0. The largest absolute Gasteiger partial charge is 0.445 e. The van der Waals surface area contributed by atoms with Crippen LogP contribution in [0.5, 0.6) is 0 Å². The second-order valence-electron chi connectivity index (χ2n) is 4.94. The van der Waals surface area contributed by atoms with Crippen LogP contribution in [0.4, 0.5) is 10.5 Å². The summed E-state index contributed by atoms with van der Waals surface area (Å²) in [5.74, 6) is 0. The van der Waals surface area contributed by atoms with Crippen molar-refractivity contribution in [3.05, 3.63) is 63.6 Å². The molecule has 0 bridgehead atoms. The SMILES string of the molecule is O=C(N[C@H](Nc1ccc(Br)cc1)C(Cl)(Cl)Cl)OCc1ccccc1Cl. The van der Waals surface area contributed by atoms with E-state index in [0.29, 0.717) is 16.3 Å². The van der Waals surface area contributed by atoms with Crippen LogP contribution in [0.25, 0.3) is 0 Å². The van der Waals surface area contributed by atoms with Gasteiger partial charge in [-0.25, -0.2) is 4.79 Å². The Labute approximate surface area is 173 Å². The average molecular weight is 487 g/mol. The van der Waals surface area contributed by atoms with Gasteiger partial charge >= 0.3 is 6.09 Å². The number of anilines is 1. The van der Waals surface area contributed by atoms with E-state index in [0.717, 1.165) is 4.47 Å². The number of carbonyl (C=O) groups excluding carboxylic acids is 1.